The van der Waals surface area contributed by atoms with E-state index in [0.717, 1.165) is 33.3 Å². The molecule has 4 aromatic carbocycles. The molecular weight excluding hydrogens is 487 g/mol. The summed E-state index contributed by atoms with van der Waals surface area (Å²) in [6.45, 7) is 3.76. The zero-order valence-electron chi connectivity index (χ0n) is 21.2. The monoisotopic (exact) mass is 512 g/mol. The van der Waals surface area contributed by atoms with Gasteiger partial charge in [0.15, 0.2) is 0 Å². The Morgan fingerprint density at radius 3 is 1.39 bits per heavy atom. The molecule has 6 heteroatoms. The van der Waals surface area contributed by atoms with Crippen LogP contribution in [0.15, 0.2) is 115 Å². The van der Waals surface area contributed by atoms with Crippen LogP contribution in [0.25, 0.3) is 32.9 Å². The standard InChI is InChI=1S/C12H10O.2C10H9NO.Al/c13-12-9-5-4-8-11(12)10-6-2-1-3-7-10;2*1-7-5-6-8-3-2-4-9(12)10(8)11-7;/h1-9,13H;2*2-6,12H,1H3;/q;;;+3/p-3. The minimum atomic E-state index is -0.00352. The Labute approximate surface area is 232 Å². The Balaban J connectivity index is 0.000000156. The molecule has 0 aliphatic carbocycles. The van der Waals surface area contributed by atoms with Gasteiger partial charge < -0.3 is 15.3 Å². The third kappa shape index (κ3) is 7.11. The van der Waals surface area contributed by atoms with Crippen molar-refractivity contribution >= 4 is 39.2 Å². The molecule has 0 bridgehead atoms. The molecule has 0 aliphatic heterocycles. The van der Waals surface area contributed by atoms with Crippen LogP contribution in [0.4, 0.5) is 0 Å². The maximum Gasteiger partial charge on any atom is 3.00 e. The molecule has 0 N–H and O–H groups in total. The van der Waals surface area contributed by atoms with Crippen LogP contribution in [0, 0.1) is 13.8 Å². The van der Waals surface area contributed by atoms with Gasteiger partial charge >= 0.3 is 17.4 Å². The molecule has 38 heavy (non-hydrogen) atoms. The van der Waals surface area contributed by atoms with Crippen LogP contribution in [0.3, 0.4) is 0 Å². The molecule has 6 aromatic rings. The van der Waals surface area contributed by atoms with Gasteiger partial charge in [-0.05, 0) is 47.9 Å². The third-order valence-electron chi connectivity index (χ3n) is 5.62. The fourth-order valence-electron chi connectivity index (χ4n) is 3.76. The van der Waals surface area contributed by atoms with E-state index in [1.165, 1.54) is 12.1 Å². The second-order valence-corrected chi connectivity index (χ2v) is 8.42. The van der Waals surface area contributed by atoms with Gasteiger partial charge in [0.05, 0.1) is 11.0 Å². The van der Waals surface area contributed by atoms with Gasteiger partial charge in [-0.25, -0.2) is 0 Å². The van der Waals surface area contributed by atoms with Crippen molar-refractivity contribution in [3.05, 3.63) is 127 Å². The van der Waals surface area contributed by atoms with E-state index >= 15 is 0 Å². The summed E-state index contributed by atoms with van der Waals surface area (Å²) in [6.07, 6.45) is 0. The Hall–Kier alpha value is -4.37. The summed E-state index contributed by atoms with van der Waals surface area (Å²) in [5, 5.41) is 35.8. The molecule has 0 atom stereocenters. The van der Waals surface area contributed by atoms with Crippen molar-refractivity contribution < 1.29 is 15.3 Å². The van der Waals surface area contributed by atoms with Crippen LogP contribution < -0.4 is 15.3 Å². The zero-order valence-corrected chi connectivity index (χ0v) is 22.3. The van der Waals surface area contributed by atoms with Crippen LogP contribution in [0.1, 0.15) is 11.4 Å². The van der Waals surface area contributed by atoms with Crippen LogP contribution >= 0.6 is 0 Å². The predicted molar refractivity (Wildman–Crippen MR) is 149 cm³/mol. The number of nitrogens with zero attached hydrogens (tertiary/aromatic N) is 2. The minimum Gasteiger partial charge on any atom is -0.872 e. The van der Waals surface area contributed by atoms with E-state index in [1.54, 1.807) is 24.3 Å². The van der Waals surface area contributed by atoms with Gasteiger partial charge in [-0.2, -0.15) is 0 Å². The SMILES string of the molecule is Cc1ccc2cccc([O-])c2n1.Cc1ccc2cccc([O-])c2n1.[Al+3].[O-]c1ccccc1-c1ccccc1. The number of hydrogen-bond donors (Lipinski definition) is 0. The molecule has 184 valence electrons. The average molecular weight is 513 g/mol. The van der Waals surface area contributed by atoms with Gasteiger partial charge in [-0.1, -0.05) is 115 Å². The zero-order chi connectivity index (χ0) is 26.2. The van der Waals surface area contributed by atoms with Crippen molar-refractivity contribution in [2.75, 3.05) is 0 Å². The van der Waals surface area contributed by atoms with Crippen molar-refractivity contribution in [3.8, 4) is 28.4 Å². The summed E-state index contributed by atoms with van der Waals surface area (Å²) >= 11 is 0. The summed E-state index contributed by atoms with van der Waals surface area (Å²) in [5.74, 6) is 0.0705. The number of fused-ring (bicyclic) bond motifs is 2. The molecular formula is C32H25AlN2O3. The van der Waals surface area contributed by atoms with Crippen LogP contribution in [0.2, 0.25) is 0 Å². The van der Waals surface area contributed by atoms with E-state index < -0.39 is 0 Å². The Bertz CT molecular complexity index is 1560. The fourth-order valence-corrected chi connectivity index (χ4v) is 3.76. The number of hydrogen-bond acceptors (Lipinski definition) is 5. The summed E-state index contributed by atoms with van der Waals surface area (Å²) < 4.78 is 0. The van der Waals surface area contributed by atoms with Gasteiger partial charge in [0, 0.05) is 11.4 Å². The molecule has 6 rings (SSSR count). The summed E-state index contributed by atoms with van der Waals surface area (Å²) in [5.41, 5.74) is 4.64. The average Bonchev–Trinajstić information content (AvgIpc) is 2.91. The first kappa shape index (κ1) is 28.2. The largest absolute Gasteiger partial charge is 3.00 e. The molecule has 0 fully saturated rings. The van der Waals surface area contributed by atoms with Crippen molar-refractivity contribution in [2.24, 2.45) is 0 Å². The number of rotatable bonds is 1. The molecule has 0 aliphatic rings. The second-order valence-electron chi connectivity index (χ2n) is 8.42. The molecule has 0 amide bonds. The number of aryl methyl sites for hydroxylation is 2. The van der Waals surface area contributed by atoms with E-state index in [0.29, 0.717) is 11.0 Å². The van der Waals surface area contributed by atoms with Crippen LogP contribution in [-0.4, -0.2) is 27.3 Å². The van der Waals surface area contributed by atoms with E-state index in [1.807, 2.05) is 92.7 Å². The topological polar surface area (TPSA) is 95.0 Å². The first-order chi connectivity index (χ1) is 17.9. The van der Waals surface area contributed by atoms with E-state index in [-0.39, 0.29) is 34.6 Å². The van der Waals surface area contributed by atoms with Crippen molar-refractivity contribution in [3.63, 3.8) is 0 Å². The maximum absolute atomic E-state index is 11.4. The van der Waals surface area contributed by atoms with Gasteiger partial charge in [0.1, 0.15) is 0 Å². The first-order valence-electron chi connectivity index (χ1n) is 11.8. The van der Waals surface area contributed by atoms with Crippen LogP contribution in [-0.2, 0) is 0 Å². The fraction of sp³-hybridized carbons (Fsp3) is 0.0625. The second kappa shape index (κ2) is 13.3. The Kier molecular flexibility index (Phi) is 9.84. The number of para-hydroxylation sites is 3. The quantitative estimate of drug-likeness (QED) is 0.279. The molecule has 0 spiro atoms. The van der Waals surface area contributed by atoms with Gasteiger partial charge in [-0.15, -0.1) is 5.75 Å². The smallest absolute Gasteiger partial charge is 0.872 e. The van der Waals surface area contributed by atoms with Crippen molar-refractivity contribution in [1.82, 2.24) is 9.97 Å². The number of pyridine rings is 2. The molecule has 0 saturated carbocycles. The molecule has 0 saturated heterocycles. The van der Waals surface area contributed by atoms with Gasteiger partial charge in [-0.3, -0.25) is 9.97 Å². The Morgan fingerprint density at radius 2 is 0.895 bits per heavy atom. The molecule has 0 unspecified atom stereocenters. The number of benzene rings is 4. The van der Waals surface area contributed by atoms with Gasteiger partial charge in [0.25, 0.3) is 0 Å². The van der Waals surface area contributed by atoms with E-state index in [9.17, 15) is 15.3 Å². The molecule has 2 heterocycles. The predicted octanol–water partition coefficient (Wildman–Crippen LogP) is 5.28. The van der Waals surface area contributed by atoms with Crippen LogP contribution in [0.5, 0.6) is 17.2 Å². The van der Waals surface area contributed by atoms with E-state index in [2.05, 4.69) is 9.97 Å². The summed E-state index contributed by atoms with van der Waals surface area (Å²) in [6, 6.07) is 34.8. The number of aromatic nitrogens is 2. The summed E-state index contributed by atoms with van der Waals surface area (Å²) in [4.78, 5) is 8.33. The normalized spacial score (nSPS) is 9.95. The maximum atomic E-state index is 11.4. The van der Waals surface area contributed by atoms with Crippen molar-refractivity contribution in [2.45, 2.75) is 13.8 Å². The van der Waals surface area contributed by atoms with Crippen molar-refractivity contribution in [1.29, 1.82) is 0 Å². The molecule has 2 aromatic heterocycles. The van der Waals surface area contributed by atoms with Gasteiger partial charge in [0.2, 0.25) is 0 Å². The molecule has 5 nitrogen and oxygen atoms in total. The first-order valence-corrected chi connectivity index (χ1v) is 11.8. The summed E-state index contributed by atoms with van der Waals surface area (Å²) in [7, 11) is 0. The minimum absolute atomic E-state index is 0. The third-order valence-corrected chi connectivity index (χ3v) is 5.62. The molecule has 0 radical (unpaired) electrons. The van der Waals surface area contributed by atoms with E-state index in [4.69, 9.17) is 0 Å². The Morgan fingerprint density at radius 1 is 0.447 bits per heavy atom.